The van der Waals surface area contributed by atoms with Crippen LogP contribution in [0.1, 0.15) is 44.1 Å². The van der Waals surface area contributed by atoms with E-state index >= 15 is 0 Å². The van der Waals surface area contributed by atoms with Crippen molar-refractivity contribution in [3.8, 4) is 0 Å². The van der Waals surface area contributed by atoms with E-state index < -0.39 is 0 Å². The normalized spacial score (nSPS) is 19.0. The maximum absolute atomic E-state index is 12.2. The van der Waals surface area contributed by atoms with Gasteiger partial charge in [-0.2, -0.15) is 0 Å². The number of hydrogen-bond donors (Lipinski definition) is 1. The predicted molar refractivity (Wildman–Crippen MR) is 86.4 cm³/mol. The molecule has 0 aromatic heterocycles. The molecule has 0 heterocycles. The van der Waals surface area contributed by atoms with Crippen LogP contribution in [-0.2, 0) is 9.59 Å². The van der Waals surface area contributed by atoms with Crippen LogP contribution in [0, 0.1) is 0 Å². The van der Waals surface area contributed by atoms with Gasteiger partial charge in [0.05, 0.1) is 5.57 Å². The number of hydrogen-bond acceptors (Lipinski definition) is 4. The zero-order valence-corrected chi connectivity index (χ0v) is 12.8. The van der Waals surface area contributed by atoms with Gasteiger partial charge in [0.25, 0.3) is 0 Å². The molecule has 116 valence electrons. The van der Waals surface area contributed by atoms with Crippen LogP contribution in [0.5, 0.6) is 0 Å². The first-order valence-electron chi connectivity index (χ1n) is 7.57. The lowest BCUT2D eigenvalue weighted by Crippen LogP contribution is -2.19. The molecule has 22 heavy (non-hydrogen) atoms. The van der Waals surface area contributed by atoms with E-state index in [2.05, 4.69) is 4.99 Å². The van der Waals surface area contributed by atoms with Crippen LogP contribution in [-0.4, -0.2) is 29.4 Å². The average Bonchev–Trinajstić information content (AvgIpc) is 2.49. The van der Waals surface area contributed by atoms with Gasteiger partial charge in [-0.25, -0.2) is 0 Å². The number of carbonyl (C=O) groups excluding carboxylic acids is 2. The van der Waals surface area contributed by atoms with Crippen molar-refractivity contribution in [2.24, 2.45) is 4.99 Å². The van der Waals surface area contributed by atoms with Crippen LogP contribution >= 0.6 is 0 Å². The molecule has 1 N–H and O–H groups in total. The largest absolute Gasteiger partial charge is 0.511 e. The minimum absolute atomic E-state index is 0.0311. The van der Waals surface area contributed by atoms with Crippen molar-refractivity contribution in [1.82, 2.24) is 0 Å². The number of nitrogens with zero attached hydrogens (tertiary/aromatic N) is 1. The van der Waals surface area contributed by atoms with E-state index in [1.54, 1.807) is 6.92 Å². The van der Waals surface area contributed by atoms with E-state index in [4.69, 9.17) is 0 Å². The second-order valence-corrected chi connectivity index (χ2v) is 5.64. The fraction of sp³-hybridized carbons (Fsp3) is 0.389. The van der Waals surface area contributed by atoms with Crippen LogP contribution < -0.4 is 0 Å². The maximum Gasteiger partial charge on any atom is 0.168 e. The molecular formula is C18H21NO3. The number of aliphatic hydroxyl groups excluding tert-OH is 1. The van der Waals surface area contributed by atoms with Gasteiger partial charge >= 0.3 is 0 Å². The maximum atomic E-state index is 12.2. The highest BCUT2D eigenvalue weighted by Gasteiger charge is 2.27. The summed E-state index contributed by atoms with van der Waals surface area (Å²) in [7, 11) is 0. The molecule has 0 aliphatic heterocycles. The van der Waals surface area contributed by atoms with Gasteiger partial charge in [-0.3, -0.25) is 9.79 Å². The van der Waals surface area contributed by atoms with Gasteiger partial charge in [-0.1, -0.05) is 30.3 Å². The second-order valence-electron chi connectivity index (χ2n) is 5.64. The summed E-state index contributed by atoms with van der Waals surface area (Å²) in [6.45, 7) is 2.04. The van der Waals surface area contributed by atoms with E-state index in [0.29, 0.717) is 37.8 Å². The van der Waals surface area contributed by atoms with Crippen molar-refractivity contribution in [3.63, 3.8) is 0 Å². The molecule has 1 aliphatic carbocycles. The predicted octanol–water partition coefficient (Wildman–Crippen LogP) is 3.39. The van der Waals surface area contributed by atoms with Gasteiger partial charge in [-0.15, -0.1) is 0 Å². The smallest absolute Gasteiger partial charge is 0.168 e. The van der Waals surface area contributed by atoms with Crippen molar-refractivity contribution in [2.75, 3.05) is 6.54 Å². The molecular weight excluding hydrogens is 278 g/mol. The van der Waals surface area contributed by atoms with Crippen molar-refractivity contribution >= 4 is 17.8 Å². The van der Waals surface area contributed by atoms with E-state index in [9.17, 15) is 14.7 Å². The zero-order chi connectivity index (χ0) is 15.9. The van der Waals surface area contributed by atoms with Crippen LogP contribution in [0.15, 0.2) is 46.7 Å². The van der Waals surface area contributed by atoms with Gasteiger partial charge in [0, 0.05) is 32.0 Å². The molecule has 0 radical (unpaired) electrons. The average molecular weight is 299 g/mol. The molecule has 1 aromatic rings. The summed E-state index contributed by atoms with van der Waals surface area (Å²) >= 11 is 0. The Morgan fingerprint density at radius 2 is 2.05 bits per heavy atom. The lowest BCUT2D eigenvalue weighted by atomic mass is 9.83. The van der Waals surface area contributed by atoms with E-state index in [0.717, 1.165) is 5.56 Å². The number of Topliss-reactive ketones (excluding diaryl/α,β-unsaturated/α-hetero) is 2. The van der Waals surface area contributed by atoms with E-state index in [-0.39, 0.29) is 23.2 Å². The number of carbonyl (C=O) groups is 2. The second kappa shape index (κ2) is 7.69. The molecule has 0 amide bonds. The highest BCUT2D eigenvalue weighted by atomic mass is 16.3. The summed E-state index contributed by atoms with van der Waals surface area (Å²) in [4.78, 5) is 27.2. The quantitative estimate of drug-likeness (QED) is 0.647. The standard InChI is InChI=1S/C18H21NO3/c1-13(20)6-5-9-19-12-16-17(21)10-15(11-18(16)22)14-7-3-2-4-8-14/h2-4,7-8,12,15,21H,5-6,9-11H2,1H3. The summed E-state index contributed by atoms with van der Waals surface area (Å²) in [5.74, 6) is 0.202. The van der Waals surface area contributed by atoms with Gasteiger partial charge < -0.3 is 9.90 Å². The summed E-state index contributed by atoms with van der Waals surface area (Å²) in [6.07, 6.45) is 3.47. The Hall–Kier alpha value is -2.23. The molecule has 0 bridgehead atoms. The lowest BCUT2D eigenvalue weighted by Gasteiger charge is -2.22. The first kappa shape index (κ1) is 16.1. The highest BCUT2D eigenvalue weighted by Crippen LogP contribution is 2.32. The molecule has 0 saturated carbocycles. The first-order valence-corrected chi connectivity index (χ1v) is 7.57. The Bertz CT molecular complexity index is 602. The Morgan fingerprint density at radius 1 is 1.32 bits per heavy atom. The molecule has 0 fully saturated rings. The molecule has 1 unspecified atom stereocenters. The molecule has 4 nitrogen and oxygen atoms in total. The van der Waals surface area contributed by atoms with E-state index in [1.807, 2.05) is 30.3 Å². The number of allylic oxidation sites excluding steroid dienone is 2. The SMILES string of the molecule is CC(=O)CCCN=CC1=C(O)CC(c2ccccc2)CC1=O. The van der Waals surface area contributed by atoms with Crippen LogP contribution in [0.3, 0.4) is 0 Å². The summed E-state index contributed by atoms with van der Waals surface area (Å²) in [5.41, 5.74) is 1.38. The number of benzene rings is 1. The minimum atomic E-state index is -0.0760. The summed E-state index contributed by atoms with van der Waals surface area (Å²) in [6, 6.07) is 9.76. The molecule has 2 rings (SSSR count). The van der Waals surface area contributed by atoms with E-state index in [1.165, 1.54) is 6.21 Å². The van der Waals surface area contributed by atoms with Crippen molar-refractivity contribution in [3.05, 3.63) is 47.2 Å². The Balaban J connectivity index is 1.99. The Labute approximate surface area is 130 Å². The third kappa shape index (κ3) is 4.38. The molecule has 1 atom stereocenters. The van der Waals surface area contributed by atoms with Gasteiger partial charge in [-0.05, 0) is 24.8 Å². The Kier molecular flexibility index (Phi) is 5.64. The molecule has 0 saturated heterocycles. The summed E-state index contributed by atoms with van der Waals surface area (Å²) in [5, 5.41) is 10.1. The molecule has 1 aliphatic rings. The third-order valence-electron chi connectivity index (χ3n) is 3.79. The minimum Gasteiger partial charge on any atom is -0.511 e. The lowest BCUT2D eigenvalue weighted by molar-refractivity contribution is -0.117. The van der Waals surface area contributed by atoms with Crippen LogP contribution in [0.25, 0.3) is 0 Å². The number of rotatable bonds is 6. The van der Waals surface area contributed by atoms with Crippen LogP contribution in [0.2, 0.25) is 0 Å². The fourth-order valence-corrected chi connectivity index (χ4v) is 2.59. The highest BCUT2D eigenvalue weighted by molar-refractivity contribution is 6.14. The number of aliphatic hydroxyl groups is 1. The molecule has 4 heteroatoms. The topological polar surface area (TPSA) is 66.7 Å². The third-order valence-corrected chi connectivity index (χ3v) is 3.79. The van der Waals surface area contributed by atoms with Gasteiger partial charge in [0.1, 0.15) is 11.5 Å². The monoisotopic (exact) mass is 299 g/mol. The van der Waals surface area contributed by atoms with Crippen molar-refractivity contribution < 1.29 is 14.7 Å². The molecule has 1 aromatic carbocycles. The Morgan fingerprint density at radius 3 is 2.68 bits per heavy atom. The summed E-state index contributed by atoms with van der Waals surface area (Å²) < 4.78 is 0. The van der Waals surface area contributed by atoms with Crippen LogP contribution in [0.4, 0.5) is 0 Å². The van der Waals surface area contributed by atoms with Gasteiger partial charge in [0.2, 0.25) is 0 Å². The van der Waals surface area contributed by atoms with Gasteiger partial charge in [0.15, 0.2) is 5.78 Å². The zero-order valence-electron chi connectivity index (χ0n) is 12.8. The van der Waals surface area contributed by atoms with Crippen molar-refractivity contribution in [2.45, 2.75) is 38.5 Å². The number of ketones is 2. The first-order chi connectivity index (χ1) is 10.6. The molecule has 0 spiro atoms. The van der Waals surface area contributed by atoms with Crippen molar-refractivity contribution in [1.29, 1.82) is 0 Å². The number of aliphatic imine (C=N–C) groups is 1. The fourth-order valence-electron chi connectivity index (χ4n) is 2.59.